The quantitative estimate of drug-likeness (QED) is 0.671. The van der Waals surface area contributed by atoms with Gasteiger partial charge in [-0.3, -0.25) is 9.47 Å². The lowest BCUT2D eigenvalue weighted by molar-refractivity contribution is -0.0777. The minimum absolute atomic E-state index is 0.194. The summed E-state index contributed by atoms with van der Waals surface area (Å²) in [4.78, 5) is 2.36. The van der Waals surface area contributed by atoms with Crippen molar-refractivity contribution in [2.24, 2.45) is 0 Å². The maximum absolute atomic E-state index is 5.88. The number of hydrogen-bond acceptors (Lipinski definition) is 6. The standard InChI is InChI=1S/C21H30N4O3S/c1-15-11-23(12-16(2)28-15)14-25-21(29)24(13-19-5-4-10-27-19)20(22-25)17-6-8-18(26-3)9-7-17/h6-9,15-16,19H,4-5,10-14H2,1-3H3/t15-,16-,19+/m1/s1. The van der Waals surface area contributed by atoms with Crippen molar-refractivity contribution in [2.75, 3.05) is 26.8 Å². The van der Waals surface area contributed by atoms with Crippen LogP contribution in [0.5, 0.6) is 5.75 Å². The average molecular weight is 419 g/mol. The van der Waals surface area contributed by atoms with Gasteiger partial charge in [0.2, 0.25) is 0 Å². The van der Waals surface area contributed by atoms with E-state index in [1.807, 2.05) is 28.9 Å². The van der Waals surface area contributed by atoms with Crippen LogP contribution in [-0.4, -0.2) is 64.4 Å². The van der Waals surface area contributed by atoms with E-state index in [4.69, 9.17) is 31.5 Å². The van der Waals surface area contributed by atoms with Gasteiger partial charge in [-0.2, -0.15) is 5.10 Å². The number of benzene rings is 1. The molecular formula is C21H30N4O3S. The number of nitrogens with zero attached hydrogens (tertiary/aromatic N) is 4. The number of rotatable bonds is 6. The monoisotopic (exact) mass is 418 g/mol. The van der Waals surface area contributed by atoms with Crippen LogP contribution in [-0.2, 0) is 22.7 Å². The average Bonchev–Trinajstić information content (AvgIpc) is 3.31. The Kier molecular flexibility index (Phi) is 6.34. The van der Waals surface area contributed by atoms with Crippen LogP contribution in [0, 0.1) is 4.77 Å². The third-order valence-electron chi connectivity index (χ3n) is 5.51. The second-order valence-electron chi connectivity index (χ2n) is 8.01. The van der Waals surface area contributed by atoms with Crippen molar-refractivity contribution < 1.29 is 14.2 Å². The van der Waals surface area contributed by atoms with Crippen LogP contribution in [0.4, 0.5) is 0 Å². The summed E-state index contributed by atoms with van der Waals surface area (Å²) < 4.78 is 21.8. The van der Waals surface area contributed by atoms with Gasteiger partial charge in [0.15, 0.2) is 10.6 Å². The molecule has 0 bridgehead atoms. The zero-order valence-electron chi connectivity index (χ0n) is 17.4. The lowest BCUT2D eigenvalue weighted by atomic mass is 10.2. The highest BCUT2D eigenvalue weighted by Gasteiger charge is 2.25. The predicted molar refractivity (Wildman–Crippen MR) is 114 cm³/mol. The molecule has 4 rings (SSSR count). The van der Waals surface area contributed by atoms with Gasteiger partial charge in [-0.05, 0) is 63.2 Å². The van der Waals surface area contributed by atoms with Crippen LogP contribution >= 0.6 is 12.2 Å². The number of morpholine rings is 1. The van der Waals surface area contributed by atoms with Crippen molar-refractivity contribution in [2.45, 2.75) is 58.2 Å². The molecule has 158 valence electrons. The normalized spacial score (nSPS) is 25.4. The van der Waals surface area contributed by atoms with Crippen LogP contribution in [0.15, 0.2) is 24.3 Å². The first-order valence-electron chi connectivity index (χ1n) is 10.3. The summed E-state index contributed by atoms with van der Waals surface area (Å²) >= 11 is 5.85. The molecule has 29 heavy (non-hydrogen) atoms. The Labute approximate surface area is 177 Å². The molecule has 3 heterocycles. The molecule has 0 saturated carbocycles. The number of methoxy groups -OCH3 is 1. The summed E-state index contributed by atoms with van der Waals surface area (Å²) in [5.41, 5.74) is 1.03. The van der Waals surface area contributed by atoms with Crippen molar-refractivity contribution in [1.29, 1.82) is 0 Å². The van der Waals surface area contributed by atoms with Gasteiger partial charge in [0.05, 0.1) is 38.6 Å². The zero-order chi connectivity index (χ0) is 20.4. The third-order valence-corrected chi connectivity index (χ3v) is 5.94. The van der Waals surface area contributed by atoms with Crippen LogP contribution in [0.2, 0.25) is 0 Å². The molecule has 0 N–H and O–H groups in total. The minimum atomic E-state index is 0.194. The first kappa shape index (κ1) is 20.5. The Morgan fingerprint density at radius 3 is 2.52 bits per heavy atom. The van der Waals surface area contributed by atoms with Crippen molar-refractivity contribution in [3.63, 3.8) is 0 Å². The summed E-state index contributed by atoms with van der Waals surface area (Å²) in [6.07, 6.45) is 2.78. The van der Waals surface area contributed by atoms with Gasteiger partial charge in [-0.1, -0.05) is 0 Å². The van der Waals surface area contributed by atoms with Gasteiger partial charge in [-0.25, -0.2) is 4.68 Å². The van der Waals surface area contributed by atoms with E-state index in [-0.39, 0.29) is 18.3 Å². The Morgan fingerprint density at radius 1 is 1.17 bits per heavy atom. The fourth-order valence-electron chi connectivity index (χ4n) is 4.23. The lowest BCUT2D eigenvalue weighted by Crippen LogP contribution is -2.46. The Hall–Kier alpha value is -1.74. The van der Waals surface area contributed by atoms with Crippen LogP contribution in [0.3, 0.4) is 0 Å². The Morgan fingerprint density at radius 2 is 1.90 bits per heavy atom. The third kappa shape index (κ3) is 4.71. The highest BCUT2D eigenvalue weighted by atomic mass is 32.1. The summed E-state index contributed by atoms with van der Waals surface area (Å²) in [7, 11) is 1.67. The predicted octanol–water partition coefficient (Wildman–Crippen LogP) is 3.34. The first-order chi connectivity index (χ1) is 14.0. The number of hydrogen-bond donors (Lipinski definition) is 0. The highest BCUT2D eigenvalue weighted by molar-refractivity contribution is 7.71. The topological polar surface area (TPSA) is 53.7 Å². The van der Waals surface area contributed by atoms with E-state index in [1.165, 1.54) is 0 Å². The van der Waals surface area contributed by atoms with E-state index < -0.39 is 0 Å². The van der Waals surface area contributed by atoms with Crippen LogP contribution < -0.4 is 4.74 Å². The molecule has 8 heteroatoms. The number of ether oxygens (including phenoxy) is 3. The lowest BCUT2D eigenvalue weighted by Gasteiger charge is -2.34. The molecule has 2 aromatic rings. The van der Waals surface area contributed by atoms with E-state index in [2.05, 4.69) is 23.3 Å². The van der Waals surface area contributed by atoms with Gasteiger partial charge < -0.3 is 14.2 Å². The zero-order valence-corrected chi connectivity index (χ0v) is 18.2. The van der Waals surface area contributed by atoms with Gasteiger partial charge in [-0.15, -0.1) is 0 Å². The van der Waals surface area contributed by atoms with E-state index in [0.29, 0.717) is 6.67 Å². The summed E-state index contributed by atoms with van der Waals surface area (Å²) in [5.74, 6) is 1.70. The molecule has 1 aromatic heterocycles. The second-order valence-corrected chi connectivity index (χ2v) is 8.38. The SMILES string of the molecule is COc1ccc(-c2nn(CN3C[C@@H](C)O[C@H](C)C3)c(=S)n2C[C@@H]2CCCO2)cc1. The molecular weight excluding hydrogens is 388 g/mol. The van der Waals surface area contributed by atoms with E-state index in [1.54, 1.807) is 7.11 Å². The first-order valence-corrected chi connectivity index (χ1v) is 10.8. The molecule has 0 unspecified atom stereocenters. The minimum Gasteiger partial charge on any atom is -0.497 e. The van der Waals surface area contributed by atoms with Crippen LogP contribution in [0.25, 0.3) is 11.4 Å². The molecule has 0 aliphatic carbocycles. The highest BCUT2D eigenvalue weighted by Crippen LogP contribution is 2.24. The maximum Gasteiger partial charge on any atom is 0.199 e. The van der Waals surface area contributed by atoms with Crippen molar-refractivity contribution in [3.8, 4) is 17.1 Å². The fraction of sp³-hybridized carbons (Fsp3) is 0.619. The van der Waals surface area contributed by atoms with Crippen LogP contribution in [0.1, 0.15) is 26.7 Å². The summed E-state index contributed by atoms with van der Waals surface area (Å²) in [6, 6.07) is 7.98. The number of aromatic nitrogens is 3. The Bertz CT molecular complexity index is 863. The van der Waals surface area contributed by atoms with Crippen molar-refractivity contribution in [3.05, 3.63) is 29.0 Å². The smallest absolute Gasteiger partial charge is 0.199 e. The molecule has 2 aliphatic heterocycles. The van der Waals surface area contributed by atoms with E-state index in [9.17, 15) is 0 Å². The molecule has 7 nitrogen and oxygen atoms in total. The molecule has 0 amide bonds. The van der Waals surface area contributed by atoms with Crippen molar-refractivity contribution >= 4 is 12.2 Å². The molecule has 3 atom stereocenters. The summed E-state index contributed by atoms with van der Waals surface area (Å²) in [6.45, 7) is 8.20. The van der Waals surface area contributed by atoms with E-state index >= 15 is 0 Å². The largest absolute Gasteiger partial charge is 0.497 e. The van der Waals surface area contributed by atoms with Crippen molar-refractivity contribution in [1.82, 2.24) is 19.2 Å². The van der Waals surface area contributed by atoms with Gasteiger partial charge in [0.25, 0.3) is 0 Å². The van der Waals surface area contributed by atoms with Gasteiger partial charge >= 0.3 is 0 Å². The fourth-order valence-corrected chi connectivity index (χ4v) is 4.49. The Balaban J connectivity index is 1.64. The molecule has 0 radical (unpaired) electrons. The van der Waals surface area contributed by atoms with Gasteiger partial charge in [0.1, 0.15) is 5.75 Å². The van der Waals surface area contributed by atoms with E-state index in [0.717, 1.165) is 61.0 Å². The molecule has 2 fully saturated rings. The molecule has 2 aliphatic rings. The van der Waals surface area contributed by atoms with Gasteiger partial charge in [0, 0.05) is 25.3 Å². The second kappa shape index (κ2) is 8.95. The molecule has 2 saturated heterocycles. The summed E-state index contributed by atoms with van der Waals surface area (Å²) in [5, 5.41) is 4.92. The molecule has 1 aromatic carbocycles. The maximum atomic E-state index is 5.88. The molecule has 0 spiro atoms.